The molecule has 2 aromatic carbocycles. The molecule has 7 nitrogen and oxygen atoms in total. The number of sulfonamides is 1. The van der Waals surface area contributed by atoms with E-state index in [2.05, 4.69) is 4.72 Å². The molecule has 1 atom stereocenters. The average Bonchev–Trinajstić information content (AvgIpc) is 2.73. The Labute approximate surface area is 181 Å². The Balaban J connectivity index is 1.63. The van der Waals surface area contributed by atoms with Gasteiger partial charge in [-0.3, -0.25) is 9.52 Å². The van der Waals surface area contributed by atoms with Gasteiger partial charge in [0.1, 0.15) is 11.5 Å². The van der Waals surface area contributed by atoms with Crippen molar-refractivity contribution in [1.82, 2.24) is 4.90 Å². The summed E-state index contributed by atoms with van der Waals surface area (Å²) in [5, 5.41) is 0.193. The zero-order valence-electron chi connectivity index (χ0n) is 16.6. The molecule has 1 N–H and O–H groups in total. The fourth-order valence-corrected chi connectivity index (χ4v) is 5.34. The van der Waals surface area contributed by atoms with E-state index in [1.54, 1.807) is 12.1 Å². The maximum atomic E-state index is 13.2. The van der Waals surface area contributed by atoms with Gasteiger partial charge in [-0.15, -0.1) is 0 Å². The molecule has 0 bridgehead atoms. The minimum absolute atomic E-state index is 0.00119. The highest BCUT2D eigenvalue weighted by atomic mass is 35.5. The van der Waals surface area contributed by atoms with Gasteiger partial charge in [-0.05, 0) is 55.7 Å². The molecular weight excluding hydrogens is 428 g/mol. The fourth-order valence-electron chi connectivity index (χ4n) is 3.94. The summed E-state index contributed by atoms with van der Waals surface area (Å²) < 4.78 is 39.0. The Kier molecular flexibility index (Phi) is 5.79. The third kappa shape index (κ3) is 4.06. The van der Waals surface area contributed by atoms with Crippen LogP contribution in [0, 0.1) is 0 Å². The van der Waals surface area contributed by atoms with Crippen LogP contribution >= 0.6 is 11.6 Å². The lowest BCUT2D eigenvalue weighted by Crippen LogP contribution is -2.45. The molecule has 2 aliphatic heterocycles. The molecule has 2 aromatic rings. The fraction of sp³-hybridized carbons (Fsp3) is 0.381. The lowest BCUT2D eigenvalue weighted by molar-refractivity contribution is 0.0548. The van der Waals surface area contributed by atoms with Gasteiger partial charge in [-0.25, -0.2) is 8.42 Å². The van der Waals surface area contributed by atoms with Crippen LogP contribution in [-0.2, 0) is 10.0 Å². The van der Waals surface area contributed by atoms with Crippen LogP contribution in [0.1, 0.15) is 36.0 Å². The molecule has 9 heteroatoms. The van der Waals surface area contributed by atoms with Crippen molar-refractivity contribution in [2.75, 3.05) is 25.0 Å². The molecule has 0 radical (unpaired) electrons. The van der Waals surface area contributed by atoms with Gasteiger partial charge in [0, 0.05) is 24.7 Å². The molecule has 0 saturated carbocycles. The number of nitrogens with zero attached hydrogens (tertiary/aromatic N) is 1. The topological polar surface area (TPSA) is 84.9 Å². The predicted octanol–water partition coefficient (Wildman–Crippen LogP) is 3.93. The molecule has 2 heterocycles. The molecule has 0 spiro atoms. The first kappa shape index (κ1) is 20.8. The first-order valence-corrected chi connectivity index (χ1v) is 11.7. The highest BCUT2D eigenvalue weighted by Gasteiger charge is 2.31. The van der Waals surface area contributed by atoms with E-state index < -0.39 is 10.0 Å². The third-order valence-corrected chi connectivity index (χ3v) is 7.17. The van der Waals surface area contributed by atoms with Gasteiger partial charge in [0.15, 0.2) is 0 Å². The Morgan fingerprint density at radius 1 is 1.17 bits per heavy atom. The minimum atomic E-state index is -3.90. The Morgan fingerprint density at radius 3 is 2.77 bits per heavy atom. The number of ether oxygens (including phenoxy) is 2. The van der Waals surface area contributed by atoms with Crippen molar-refractivity contribution in [3.05, 3.63) is 47.0 Å². The summed E-state index contributed by atoms with van der Waals surface area (Å²) in [6.07, 6.45) is 3.85. The zero-order valence-corrected chi connectivity index (χ0v) is 18.1. The van der Waals surface area contributed by atoms with Crippen LogP contribution in [0.15, 0.2) is 41.3 Å². The number of methoxy groups -OCH3 is 1. The molecule has 1 fully saturated rings. The molecule has 0 aromatic heterocycles. The smallest absolute Gasteiger partial charge is 0.261 e. The number of hydrogen-bond donors (Lipinski definition) is 1. The van der Waals surface area contributed by atoms with Gasteiger partial charge in [0.05, 0.1) is 29.2 Å². The van der Waals surface area contributed by atoms with Crippen molar-refractivity contribution >= 4 is 33.2 Å². The highest BCUT2D eigenvalue weighted by molar-refractivity contribution is 7.92. The third-order valence-electron chi connectivity index (χ3n) is 5.49. The number of nitrogens with one attached hydrogen (secondary N) is 1. The van der Waals surface area contributed by atoms with E-state index in [-0.39, 0.29) is 27.6 Å². The van der Waals surface area contributed by atoms with Crippen LogP contribution in [0.5, 0.6) is 11.5 Å². The van der Waals surface area contributed by atoms with Crippen LogP contribution in [0.4, 0.5) is 5.69 Å². The molecule has 30 heavy (non-hydrogen) atoms. The number of carbonyl (C=O) groups is 1. The number of amides is 1. The van der Waals surface area contributed by atoms with Crippen LogP contribution < -0.4 is 14.2 Å². The summed E-state index contributed by atoms with van der Waals surface area (Å²) in [5.41, 5.74) is 0.654. The second kappa shape index (κ2) is 8.35. The van der Waals surface area contributed by atoms with E-state index >= 15 is 0 Å². The van der Waals surface area contributed by atoms with Crippen molar-refractivity contribution in [2.24, 2.45) is 0 Å². The Hall–Kier alpha value is -2.45. The lowest BCUT2D eigenvalue weighted by atomic mass is 9.97. The maximum absolute atomic E-state index is 13.2. The maximum Gasteiger partial charge on any atom is 0.261 e. The van der Waals surface area contributed by atoms with Crippen LogP contribution in [0.3, 0.4) is 0 Å². The first-order chi connectivity index (χ1) is 14.4. The Morgan fingerprint density at radius 2 is 2.00 bits per heavy atom. The molecule has 1 amide bonds. The molecular formula is C21H23ClN2O5S. The number of fused-ring (bicyclic) bond motifs is 2. The second-order valence-corrected chi connectivity index (χ2v) is 9.49. The molecule has 2 aliphatic rings. The summed E-state index contributed by atoms with van der Waals surface area (Å²) in [4.78, 5) is 15.1. The summed E-state index contributed by atoms with van der Waals surface area (Å²) in [6, 6.07) is 9.15. The van der Waals surface area contributed by atoms with Crippen molar-refractivity contribution in [2.45, 2.75) is 36.6 Å². The number of piperidine rings is 1. The largest absolute Gasteiger partial charge is 0.495 e. The summed E-state index contributed by atoms with van der Waals surface area (Å²) in [7, 11) is -2.44. The van der Waals surface area contributed by atoms with Gasteiger partial charge in [0.2, 0.25) is 0 Å². The molecule has 1 saturated heterocycles. The van der Waals surface area contributed by atoms with E-state index in [4.69, 9.17) is 21.1 Å². The average molecular weight is 451 g/mol. The lowest BCUT2D eigenvalue weighted by Gasteiger charge is -2.37. The van der Waals surface area contributed by atoms with Crippen molar-refractivity contribution in [3.8, 4) is 11.5 Å². The quantitative estimate of drug-likeness (QED) is 0.762. The monoisotopic (exact) mass is 450 g/mol. The molecule has 160 valence electrons. The zero-order chi connectivity index (χ0) is 21.3. The standard InChI is InChI=1S/C21H23ClN2O5S/c1-28-20-8-6-16(13-18(20)22)30(26,27)23-14-5-7-19-17(12-14)21(25)24-10-3-2-4-15(24)9-11-29-19/h5-8,12-13,15,23H,2-4,9-11H2,1H3. The minimum Gasteiger partial charge on any atom is -0.495 e. The van der Waals surface area contributed by atoms with E-state index in [9.17, 15) is 13.2 Å². The van der Waals surface area contributed by atoms with E-state index in [0.717, 1.165) is 25.7 Å². The van der Waals surface area contributed by atoms with Crippen molar-refractivity contribution in [3.63, 3.8) is 0 Å². The normalized spacial score (nSPS) is 19.1. The summed E-state index contributed by atoms with van der Waals surface area (Å²) >= 11 is 6.07. The van der Waals surface area contributed by atoms with Crippen molar-refractivity contribution in [1.29, 1.82) is 0 Å². The van der Waals surface area contributed by atoms with Gasteiger partial charge >= 0.3 is 0 Å². The number of hydrogen-bond acceptors (Lipinski definition) is 5. The van der Waals surface area contributed by atoms with Crippen LogP contribution in [0.25, 0.3) is 0 Å². The molecule has 0 aliphatic carbocycles. The number of anilines is 1. The molecule has 1 unspecified atom stereocenters. The summed E-state index contributed by atoms with van der Waals surface area (Å²) in [6.45, 7) is 1.24. The van der Waals surface area contributed by atoms with Crippen LogP contribution in [0.2, 0.25) is 5.02 Å². The van der Waals surface area contributed by atoms with Gasteiger partial charge in [-0.2, -0.15) is 0 Å². The van der Waals surface area contributed by atoms with E-state index in [1.807, 2.05) is 4.90 Å². The van der Waals surface area contributed by atoms with Crippen molar-refractivity contribution < 1.29 is 22.7 Å². The highest BCUT2D eigenvalue weighted by Crippen LogP contribution is 2.32. The van der Waals surface area contributed by atoms with Gasteiger partial charge in [-0.1, -0.05) is 11.6 Å². The van der Waals surface area contributed by atoms with Gasteiger partial charge in [0.25, 0.3) is 15.9 Å². The van der Waals surface area contributed by atoms with Gasteiger partial charge < -0.3 is 14.4 Å². The number of carbonyl (C=O) groups excluding carboxylic acids is 1. The predicted molar refractivity (Wildman–Crippen MR) is 114 cm³/mol. The molecule has 4 rings (SSSR count). The van der Waals surface area contributed by atoms with E-state index in [0.29, 0.717) is 30.2 Å². The first-order valence-electron chi connectivity index (χ1n) is 9.83. The number of rotatable bonds is 4. The second-order valence-electron chi connectivity index (χ2n) is 7.40. The Bertz CT molecular complexity index is 1070. The number of benzene rings is 2. The SMILES string of the molecule is COc1ccc(S(=O)(=O)Nc2ccc3c(c2)C(=O)N2CCCCC2CCO3)cc1Cl. The van der Waals surface area contributed by atoms with E-state index in [1.165, 1.54) is 31.4 Å². The van der Waals surface area contributed by atoms with Crippen LogP contribution in [-0.4, -0.2) is 45.5 Å². The summed E-state index contributed by atoms with van der Waals surface area (Å²) in [5.74, 6) is 0.734. The number of halogens is 1.